The molecule has 220 valence electrons. The molecule has 0 aliphatic heterocycles. The molecule has 2 amide bonds. The van der Waals surface area contributed by atoms with Gasteiger partial charge in [0, 0.05) is 31.1 Å². The molecule has 41 heavy (non-hydrogen) atoms. The molecule has 2 unspecified atom stereocenters. The van der Waals surface area contributed by atoms with Crippen LogP contribution in [0.1, 0.15) is 52.8 Å². The molecule has 1 fully saturated rings. The third-order valence-electron chi connectivity index (χ3n) is 6.16. The van der Waals surface area contributed by atoms with Gasteiger partial charge in [-0.3, -0.25) is 14.4 Å². The average molecular weight is 589 g/mol. The van der Waals surface area contributed by atoms with E-state index in [9.17, 15) is 19.5 Å². The number of aromatic nitrogens is 3. The zero-order valence-corrected chi connectivity index (χ0v) is 23.3. The molecule has 13 nitrogen and oxygen atoms in total. The highest BCUT2D eigenvalue weighted by Crippen LogP contribution is 2.38. The van der Waals surface area contributed by atoms with Crippen LogP contribution in [0.15, 0.2) is 47.1 Å². The summed E-state index contributed by atoms with van der Waals surface area (Å²) in [7, 11) is 1.33. The van der Waals surface area contributed by atoms with Crippen LogP contribution in [0.2, 0.25) is 0 Å². The number of halogens is 1. The molecule has 14 heteroatoms. The summed E-state index contributed by atoms with van der Waals surface area (Å²) in [4.78, 5) is 46.0. The van der Waals surface area contributed by atoms with Crippen LogP contribution in [-0.2, 0) is 22.4 Å². The predicted octanol–water partition coefficient (Wildman–Crippen LogP) is 1.65. The van der Waals surface area contributed by atoms with Crippen LogP contribution in [-0.4, -0.2) is 70.4 Å². The maximum Gasteiger partial charge on any atom is 0.305 e. The SMILES string of the molecule is COc1nccc(OCC(N)Cc2ccccc2)c1C(=O)NC(CC(=O)O)C(=O)NCCc1nc(C2CC2)no1.Cl. The number of carbonyl (C=O) groups excluding carboxylic acids is 2. The van der Waals surface area contributed by atoms with Gasteiger partial charge in [0.15, 0.2) is 5.82 Å². The minimum atomic E-state index is -1.38. The van der Waals surface area contributed by atoms with Gasteiger partial charge in [-0.05, 0) is 30.9 Å². The first-order valence-corrected chi connectivity index (χ1v) is 12.9. The summed E-state index contributed by atoms with van der Waals surface area (Å²) in [6, 6.07) is 9.37. The van der Waals surface area contributed by atoms with Crippen molar-refractivity contribution in [3.8, 4) is 11.6 Å². The molecule has 2 heterocycles. The van der Waals surface area contributed by atoms with Gasteiger partial charge in [0.05, 0.1) is 13.5 Å². The number of ether oxygens (including phenoxy) is 2. The predicted molar refractivity (Wildman–Crippen MR) is 148 cm³/mol. The largest absolute Gasteiger partial charge is 0.491 e. The van der Waals surface area contributed by atoms with Crippen molar-refractivity contribution in [1.82, 2.24) is 25.8 Å². The van der Waals surface area contributed by atoms with Gasteiger partial charge in [-0.1, -0.05) is 35.5 Å². The molecule has 3 aromatic rings. The molecule has 5 N–H and O–H groups in total. The highest BCUT2D eigenvalue weighted by molar-refractivity contribution is 6.02. The van der Waals surface area contributed by atoms with Gasteiger partial charge in [0.25, 0.3) is 5.91 Å². The van der Waals surface area contributed by atoms with Gasteiger partial charge in [0.2, 0.25) is 17.7 Å². The molecular weight excluding hydrogens is 556 g/mol. The highest BCUT2D eigenvalue weighted by atomic mass is 35.5. The van der Waals surface area contributed by atoms with Gasteiger partial charge in [-0.25, -0.2) is 4.98 Å². The fourth-order valence-corrected chi connectivity index (χ4v) is 3.99. The Morgan fingerprint density at radius 2 is 1.95 bits per heavy atom. The van der Waals surface area contributed by atoms with Crippen LogP contribution in [0.3, 0.4) is 0 Å². The molecule has 0 bridgehead atoms. The molecule has 1 aliphatic rings. The van der Waals surface area contributed by atoms with E-state index in [4.69, 9.17) is 19.7 Å². The number of carboxylic acids is 1. The second-order valence-electron chi connectivity index (χ2n) is 9.44. The van der Waals surface area contributed by atoms with E-state index >= 15 is 0 Å². The number of carboxylic acid groups (broad SMARTS) is 1. The summed E-state index contributed by atoms with van der Waals surface area (Å²) < 4.78 is 16.3. The van der Waals surface area contributed by atoms with E-state index in [1.165, 1.54) is 19.4 Å². The van der Waals surface area contributed by atoms with Crippen molar-refractivity contribution in [3.63, 3.8) is 0 Å². The molecule has 0 saturated heterocycles. The van der Waals surface area contributed by atoms with Crippen LogP contribution in [0.25, 0.3) is 0 Å². The Bertz CT molecular complexity index is 1320. The van der Waals surface area contributed by atoms with Crippen LogP contribution >= 0.6 is 12.4 Å². The third-order valence-corrected chi connectivity index (χ3v) is 6.16. The van der Waals surface area contributed by atoms with Gasteiger partial charge in [0.1, 0.15) is 24.0 Å². The minimum absolute atomic E-state index is 0. The van der Waals surface area contributed by atoms with Crippen molar-refractivity contribution in [3.05, 3.63) is 65.4 Å². The van der Waals surface area contributed by atoms with Crippen LogP contribution in [0.5, 0.6) is 11.6 Å². The normalized spacial score (nSPS) is 13.8. The number of nitrogens with one attached hydrogen (secondary N) is 2. The number of hydrogen-bond acceptors (Lipinski definition) is 10. The number of benzene rings is 1. The van der Waals surface area contributed by atoms with E-state index in [1.54, 1.807) is 0 Å². The number of hydrogen-bond donors (Lipinski definition) is 4. The Labute approximate surface area is 242 Å². The van der Waals surface area contributed by atoms with E-state index in [0.29, 0.717) is 24.1 Å². The lowest BCUT2D eigenvalue weighted by molar-refractivity contribution is -0.139. The van der Waals surface area contributed by atoms with Crippen LogP contribution < -0.4 is 25.8 Å². The minimum Gasteiger partial charge on any atom is -0.491 e. The molecule has 0 spiro atoms. The summed E-state index contributed by atoms with van der Waals surface area (Å²) in [6.07, 6.45) is 3.63. The van der Waals surface area contributed by atoms with Crippen LogP contribution in [0.4, 0.5) is 0 Å². The van der Waals surface area contributed by atoms with Crippen molar-refractivity contribution in [1.29, 1.82) is 0 Å². The molecule has 0 radical (unpaired) electrons. The van der Waals surface area contributed by atoms with Crippen molar-refractivity contribution < 1.29 is 33.5 Å². The lowest BCUT2D eigenvalue weighted by Gasteiger charge is -2.20. The number of amides is 2. The van der Waals surface area contributed by atoms with Crippen molar-refractivity contribution >= 4 is 30.2 Å². The summed E-state index contributed by atoms with van der Waals surface area (Å²) in [5.74, 6) is -1.31. The lowest BCUT2D eigenvalue weighted by Crippen LogP contribution is -2.48. The first-order valence-electron chi connectivity index (χ1n) is 12.9. The Kier molecular flexibility index (Phi) is 11.4. The van der Waals surface area contributed by atoms with E-state index in [1.807, 2.05) is 30.3 Å². The zero-order valence-electron chi connectivity index (χ0n) is 22.4. The standard InChI is InChI=1S/C27H32N6O7.ClH/c1-38-27-23(20(9-11-30-27)39-15-18(28)13-16-5-3-2-4-6-16)26(37)31-19(14-22(34)35)25(36)29-12-10-21-32-24(33-40-21)17-7-8-17;/h2-6,9,11,17-19H,7-8,10,12-15,28H2,1H3,(H,29,36)(H,31,37)(H,34,35);1H. The Morgan fingerprint density at radius 1 is 1.20 bits per heavy atom. The summed E-state index contributed by atoms with van der Waals surface area (Å²) in [6.45, 7) is 0.195. The second-order valence-corrected chi connectivity index (χ2v) is 9.44. The Morgan fingerprint density at radius 3 is 2.63 bits per heavy atom. The maximum atomic E-state index is 13.3. The van der Waals surface area contributed by atoms with Gasteiger partial charge < -0.3 is 35.5 Å². The molecular formula is C27H33ClN6O7. The number of nitrogens with two attached hydrogens (primary N) is 1. The number of nitrogens with zero attached hydrogens (tertiary/aromatic N) is 3. The van der Waals surface area contributed by atoms with E-state index in [0.717, 1.165) is 18.4 Å². The summed E-state index contributed by atoms with van der Waals surface area (Å²) in [5, 5.41) is 18.4. The number of carbonyl (C=O) groups is 3. The molecule has 1 aliphatic carbocycles. The molecule has 4 rings (SSSR count). The summed E-state index contributed by atoms with van der Waals surface area (Å²) >= 11 is 0. The fraction of sp³-hybridized carbons (Fsp3) is 0.407. The van der Waals surface area contributed by atoms with Crippen molar-refractivity contribution in [2.24, 2.45) is 5.73 Å². The topological polar surface area (TPSA) is 192 Å². The van der Waals surface area contributed by atoms with Gasteiger partial charge in [-0.15, -0.1) is 12.4 Å². The molecule has 2 atom stereocenters. The first kappa shape index (κ1) is 31.3. The van der Waals surface area contributed by atoms with Crippen LogP contribution in [0, 0.1) is 0 Å². The molecule has 1 saturated carbocycles. The Balaban J connectivity index is 0.00000462. The van der Waals surface area contributed by atoms with Gasteiger partial charge >= 0.3 is 5.97 Å². The number of aliphatic carboxylic acids is 1. The molecule has 2 aromatic heterocycles. The maximum absolute atomic E-state index is 13.3. The van der Waals surface area contributed by atoms with E-state index in [-0.39, 0.29) is 55.2 Å². The quantitative estimate of drug-likeness (QED) is 0.202. The number of pyridine rings is 1. The number of rotatable bonds is 15. The smallest absolute Gasteiger partial charge is 0.305 e. The number of methoxy groups -OCH3 is 1. The zero-order chi connectivity index (χ0) is 28.5. The lowest BCUT2D eigenvalue weighted by atomic mass is 10.1. The Hall–Kier alpha value is -4.23. The van der Waals surface area contributed by atoms with E-state index < -0.39 is 30.2 Å². The van der Waals surface area contributed by atoms with Crippen molar-refractivity contribution in [2.75, 3.05) is 20.3 Å². The van der Waals surface area contributed by atoms with Crippen molar-refractivity contribution in [2.45, 2.75) is 50.1 Å². The second kappa shape index (κ2) is 15.0. The molecule has 1 aromatic carbocycles. The third kappa shape index (κ3) is 9.15. The first-order chi connectivity index (χ1) is 19.3. The summed E-state index contributed by atoms with van der Waals surface area (Å²) in [5.41, 5.74) is 7.18. The fourth-order valence-electron chi connectivity index (χ4n) is 3.99. The van der Waals surface area contributed by atoms with Gasteiger partial charge in [-0.2, -0.15) is 4.98 Å². The average Bonchev–Trinajstić information content (AvgIpc) is 3.69. The monoisotopic (exact) mass is 588 g/mol. The highest BCUT2D eigenvalue weighted by Gasteiger charge is 2.30. The van der Waals surface area contributed by atoms with E-state index in [2.05, 4.69) is 25.8 Å².